The molecule has 0 aromatic heterocycles. The van der Waals surface area contributed by atoms with E-state index in [0.717, 1.165) is 23.1 Å². The summed E-state index contributed by atoms with van der Waals surface area (Å²) >= 11 is 0. The Bertz CT molecular complexity index is 917. The first-order chi connectivity index (χ1) is 13.6. The third-order valence-electron chi connectivity index (χ3n) is 4.88. The van der Waals surface area contributed by atoms with Crippen molar-refractivity contribution in [3.05, 3.63) is 64.7 Å². The number of anilines is 1. The fraction of sp³-hybridized carbons (Fsp3) is 0.435. The van der Waals surface area contributed by atoms with Crippen molar-refractivity contribution in [1.82, 2.24) is 5.32 Å². The molecule has 1 amide bonds. The second kappa shape index (κ2) is 9.92. The summed E-state index contributed by atoms with van der Waals surface area (Å²) in [5, 5.41) is 3.07. The third kappa shape index (κ3) is 6.89. The molecule has 0 aliphatic heterocycles. The monoisotopic (exact) mass is 416 g/mol. The van der Waals surface area contributed by atoms with E-state index < -0.39 is 10.0 Å². The molecule has 6 heteroatoms. The Hall–Kier alpha value is -2.34. The Kier molecular flexibility index (Phi) is 7.85. The maximum atomic E-state index is 12.4. The van der Waals surface area contributed by atoms with Gasteiger partial charge in [0.15, 0.2) is 0 Å². The molecule has 0 aliphatic carbocycles. The van der Waals surface area contributed by atoms with Crippen molar-refractivity contribution in [2.75, 3.05) is 17.1 Å². The predicted molar refractivity (Wildman–Crippen MR) is 120 cm³/mol. The molecule has 2 aromatic carbocycles. The lowest BCUT2D eigenvalue weighted by Gasteiger charge is -2.23. The molecule has 0 radical (unpaired) electrons. The second-order valence-electron chi connectivity index (χ2n) is 7.72. The van der Waals surface area contributed by atoms with Crippen LogP contribution < -0.4 is 9.62 Å². The highest BCUT2D eigenvalue weighted by atomic mass is 32.2. The topological polar surface area (TPSA) is 66.5 Å². The first-order valence-corrected chi connectivity index (χ1v) is 11.9. The van der Waals surface area contributed by atoms with Crippen LogP contribution in [0.3, 0.4) is 0 Å². The molecule has 0 aliphatic rings. The zero-order chi connectivity index (χ0) is 21.6. The summed E-state index contributed by atoms with van der Waals surface area (Å²) in [5.74, 6) is -0.0636. The highest BCUT2D eigenvalue weighted by Gasteiger charge is 2.19. The minimum atomic E-state index is -3.42. The lowest BCUT2D eigenvalue weighted by Crippen LogP contribution is -2.33. The summed E-state index contributed by atoms with van der Waals surface area (Å²) < 4.78 is 26.0. The Morgan fingerprint density at radius 1 is 1.00 bits per heavy atom. The van der Waals surface area contributed by atoms with Gasteiger partial charge in [0, 0.05) is 13.0 Å². The van der Waals surface area contributed by atoms with Gasteiger partial charge in [-0.2, -0.15) is 0 Å². The number of sulfonamides is 1. The van der Waals surface area contributed by atoms with Crippen LogP contribution in [0.4, 0.5) is 5.69 Å². The molecule has 1 N–H and O–H groups in total. The Morgan fingerprint density at radius 3 is 2.10 bits per heavy atom. The molecular weight excluding hydrogens is 384 g/mol. The van der Waals surface area contributed by atoms with Crippen molar-refractivity contribution >= 4 is 21.6 Å². The van der Waals surface area contributed by atoms with Gasteiger partial charge >= 0.3 is 0 Å². The van der Waals surface area contributed by atoms with E-state index in [4.69, 9.17) is 0 Å². The van der Waals surface area contributed by atoms with Crippen molar-refractivity contribution in [2.24, 2.45) is 0 Å². The van der Waals surface area contributed by atoms with Crippen molar-refractivity contribution in [3.63, 3.8) is 0 Å². The minimum absolute atomic E-state index is 0.0338. The first-order valence-electron chi connectivity index (χ1n) is 10.0. The van der Waals surface area contributed by atoms with Crippen LogP contribution >= 0.6 is 0 Å². The fourth-order valence-corrected chi connectivity index (χ4v) is 4.40. The molecule has 0 bridgehead atoms. The van der Waals surface area contributed by atoms with E-state index in [1.807, 2.05) is 70.2 Å². The first kappa shape index (κ1) is 22.9. The van der Waals surface area contributed by atoms with Gasteiger partial charge < -0.3 is 5.32 Å². The van der Waals surface area contributed by atoms with Gasteiger partial charge in [-0.05, 0) is 62.4 Å². The number of hydrogen-bond acceptors (Lipinski definition) is 3. The number of nitrogens with one attached hydrogen (secondary N) is 1. The molecule has 5 nitrogen and oxygen atoms in total. The van der Waals surface area contributed by atoms with Crippen molar-refractivity contribution in [1.29, 1.82) is 0 Å². The summed E-state index contributed by atoms with van der Waals surface area (Å²) in [6.07, 6.45) is 2.73. The number of hydrogen-bond donors (Lipinski definition) is 1. The van der Waals surface area contributed by atoms with Crippen LogP contribution in [0.2, 0.25) is 0 Å². The molecular formula is C23H32N2O3S. The lowest BCUT2D eigenvalue weighted by atomic mass is 10.0. The minimum Gasteiger partial charge on any atom is -0.349 e. The van der Waals surface area contributed by atoms with Gasteiger partial charge in [0.25, 0.3) is 0 Å². The van der Waals surface area contributed by atoms with Gasteiger partial charge in [-0.15, -0.1) is 0 Å². The summed E-state index contributed by atoms with van der Waals surface area (Å²) in [6, 6.07) is 13.8. The highest BCUT2D eigenvalue weighted by molar-refractivity contribution is 7.92. The Labute approximate surface area is 175 Å². The third-order valence-corrected chi connectivity index (χ3v) is 6.08. The van der Waals surface area contributed by atoms with Crippen LogP contribution in [0.1, 0.15) is 54.5 Å². The SMILES string of the molecule is CCC(NC(=O)CCCN(c1cc(C)cc(C)c1)S(C)(=O)=O)c1ccc(C)cc1. The average molecular weight is 417 g/mol. The molecule has 0 saturated carbocycles. The number of aryl methyl sites for hydroxylation is 3. The normalized spacial score (nSPS) is 12.4. The van der Waals surface area contributed by atoms with E-state index in [0.29, 0.717) is 12.1 Å². The van der Waals surface area contributed by atoms with Crippen molar-refractivity contribution in [2.45, 2.75) is 53.0 Å². The number of carbonyl (C=O) groups excluding carboxylic acids is 1. The van der Waals surface area contributed by atoms with Crippen LogP contribution in [0.15, 0.2) is 42.5 Å². The average Bonchev–Trinajstić information content (AvgIpc) is 2.62. The smallest absolute Gasteiger partial charge is 0.232 e. The summed E-state index contributed by atoms with van der Waals surface area (Å²) in [5.41, 5.74) is 4.93. The van der Waals surface area contributed by atoms with Crippen LogP contribution in [-0.4, -0.2) is 27.1 Å². The van der Waals surface area contributed by atoms with Gasteiger partial charge in [-0.1, -0.05) is 42.8 Å². The lowest BCUT2D eigenvalue weighted by molar-refractivity contribution is -0.121. The molecule has 0 fully saturated rings. The molecule has 29 heavy (non-hydrogen) atoms. The van der Waals surface area contributed by atoms with Crippen molar-refractivity contribution < 1.29 is 13.2 Å². The van der Waals surface area contributed by atoms with E-state index in [1.54, 1.807) is 0 Å². The number of rotatable bonds is 9. The zero-order valence-corrected chi connectivity index (χ0v) is 18.8. The standard InChI is InChI=1S/C23H32N2O3S/c1-6-22(20-11-9-17(2)10-12-20)24-23(26)8-7-13-25(29(5,27)28)21-15-18(3)14-19(4)16-21/h9-12,14-16,22H,6-8,13H2,1-5H3,(H,24,26). The maximum Gasteiger partial charge on any atom is 0.232 e. The van der Waals surface area contributed by atoms with Crippen molar-refractivity contribution in [3.8, 4) is 0 Å². The number of amides is 1. The van der Waals surface area contributed by atoms with E-state index in [9.17, 15) is 13.2 Å². The van der Waals surface area contributed by atoms with Gasteiger partial charge in [-0.25, -0.2) is 8.42 Å². The quantitative estimate of drug-likeness (QED) is 0.658. The van der Waals surface area contributed by atoms with Gasteiger partial charge in [0.1, 0.15) is 0 Å². The molecule has 1 unspecified atom stereocenters. The predicted octanol–water partition coefficient (Wildman–Crippen LogP) is 4.43. The fourth-order valence-electron chi connectivity index (χ4n) is 3.45. The number of carbonyl (C=O) groups is 1. The van der Waals surface area contributed by atoms with Gasteiger partial charge in [0.2, 0.25) is 15.9 Å². The number of benzene rings is 2. The largest absolute Gasteiger partial charge is 0.349 e. The van der Waals surface area contributed by atoms with E-state index >= 15 is 0 Å². The Balaban J connectivity index is 1.99. The second-order valence-corrected chi connectivity index (χ2v) is 9.63. The van der Waals surface area contributed by atoms with E-state index in [1.165, 1.54) is 16.1 Å². The molecule has 1 atom stereocenters. The highest BCUT2D eigenvalue weighted by Crippen LogP contribution is 2.22. The zero-order valence-electron chi connectivity index (χ0n) is 18.0. The van der Waals surface area contributed by atoms with E-state index in [2.05, 4.69) is 5.32 Å². The molecule has 0 spiro atoms. The van der Waals surface area contributed by atoms with Crippen LogP contribution in [0.25, 0.3) is 0 Å². The van der Waals surface area contributed by atoms with E-state index in [-0.39, 0.29) is 24.9 Å². The molecule has 2 aromatic rings. The maximum absolute atomic E-state index is 12.4. The van der Waals surface area contributed by atoms with Gasteiger partial charge in [-0.3, -0.25) is 9.10 Å². The number of nitrogens with zero attached hydrogens (tertiary/aromatic N) is 1. The Morgan fingerprint density at radius 2 is 1.59 bits per heavy atom. The molecule has 158 valence electrons. The molecule has 0 saturated heterocycles. The molecule has 2 rings (SSSR count). The summed E-state index contributed by atoms with van der Waals surface area (Å²) in [6.45, 7) is 8.24. The van der Waals surface area contributed by atoms with Crippen LogP contribution in [0, 0.1) is 20.8 Å². The van der Waals surface area contributed by atoms with Crippen LogP contribution in [0.5, 0.6) is 0 Å². The summed E-state index contributed by atoms with van der Waals surface area (Å²) in [7, 11) is -3.42. The van der Waals surface area contributed by atoms with Gasteiger partial charge in [0.05, 0.1) is 18.0 Å². The molecule has 0 heterocycles. The summed E-state index contributed by atoms with van der Waals surface area (Å²) in [4.78, 5) is 12.4. The van der Waals surface area contributed by atoms with Crippen LogP contribution in [-0.2, 0) is 14.8 Å².